The standard InChI is InChI=1S/C18H16ClN3O2S/c1-11-10-14(8-9-15(11)19)24-12(2)16(23)20-18-22-21-17(25-18)13-6-4-3-5-7-13/h3-10,12H,1-2H3,(H,20,22,23). The van der Waals surface area contributed by atoms with Gasteiger partial charge in [-0.2, -0.15) is 0 Å². The largest absolute Gasteiger partial charge is 0.481 e. The zero-order chi connectivity index (χ0) is 17.8. The predicted octanol–water partition coefficient (Wildman–Crippen LogP) is 4.57. The number of carbonyl (C=O) groups is 1. The summed E-state index contributed by atoms with van der Waals surface area (Å²) in [4.78, 5) is 12.3. The molecule has 0 fully saturated rings. The highest BCUT2D eigenvalue weighted by Crippen LogP contribution is 2.26. The van der Waals surface area contributed by atoms with Gasteiger partial charge in [0.15, 0.2) is 6.10 Å². The van der Waals surface area contributed by atoms with E-state index >= 15 is 0 Å². The molecule has 0 spiro atoms. The summed E-state index contributed by atoms with van der Waals surface area (Å²) in [5, 5.41) is 12.7. The lowest BCUT2D eigenvalue weighted by Gasteiger charge is -2.14. The van der Waals surface area contributed by atoms with Crippen LogP contribution in [0.5, 0.6) is 5.75 Å². The molecule has 1 unspecified atom stereocenters. The van der Waals surface area contributed by atoms with Gasteiger partial charge in [0.2, 0.25) is 5.13 Å². The molecule has 2 aromatic carbocycles. The smallest absolute Gasteiger partial charge is 0.266 e. The number of nitrogens with one attached hydrogen (secondary N) is 1. The van der Waals surface area contributed by atoms with Crippen LogP contribution in [0.3, 0.4) is 0 Å². The molecular weight excluding hydrogens is 358 g/mol. The average molecular weight is 374 g/mol. The molecular formula is C18H16ClN3O2S. The highest BCUT2D eigenvalue weighted by Gasteiger charge is 2.17. The normalized spacial score (nSPS) is 11.8. The van der Waals surface area contributed by atoms with E-state index in [4.69, 9.17) is 16.3 Å². The average Bonchev–Trinajstić information content (AvgIpc) is 3.07. The van der Waals surface area contributed by atoms with E-state index < -0.39 is 6.10 Å². The van der Waals surface area contributed by atoms with Gasteiger partial charge < -0.3 is 4.74 Å². The molecule has 1 N–H and O–H groups in total. The van der Waals surface area contributed by atoms with Crippen LogP contribution in [0.2, 0.25) is 5.02 Å². The maximum Gasteiger partial charge on any atom is 0.266 e. The first-order valence-electron chi connectivity index (χ1n) is 7.65. The van der Waals surface area contributed by atoms with Crippen molar-refractivity contribution in [2.75, 3.05) is 5.32 Å². The third-order valence-corrected chi connectivity index (χ3v) is 4.80. The van der Waals surface area contributed by atoms with Gasteiger partial charge in [0.1, 0.15) is 10.8 Å². The Bertz CT molecular complexity index is 883. The van der Waals surface area contributed by atoms with Crippen molar-refractivity contribution in [3.05, 3.63) is 59.1 Å². The molecule has 1 atom stereocenters. The molecule has 7 heteroatoms. The van der Waals surface area contributed by atoms with Crippen LogP contribution in [0.25, 0.3) is 10.6 Å². The van der Waals surface area contributed by atoms with Crippen molar-refractivity contribution >= 4 is 34.0 Å². The molecule has 0 saturated carbocycles. The van der Waals surface area contributed by atoms with Crippen LogP contribution < -0.4 is 10.1 Å². The summed E-state index contributed by atoms with van der Waals surface area (Å²) in [6.07, 6.45) is -0.676. The minimum atomic E-state index is -0.676. The van der Waals surface area contributed by atoms with Gasteiger partial charge in [-0.25, -0.2) is 0 Å². The van der Waals surface area contributed by atoms with Crippen LogP contribution in [-0.4, -0.2) is 22.2 Å². The minimum Gasteiger partial charge on any atom is -0.481 e. The summed E-state index contributed by atoms with van der Waals surface area (Å²) in [5.74, 6) is 0.301. The van der Waals surface area contributed by atoms with Crippen LogP contribution in [0.1, 0.15) is 12.5 Å². The Kier molecular flexibility index (Phi) is 5.31. The first kappa shape index (κ1) is 17.4. The number of aryl methyl sites for hydroxylation is 1. The lowest BCUT2D eigenvalue weighted by molar-refractivity contribution is -0.122. The van der Waals surface area contributed by atoms with E-state index in [1.54, 1.807) is 25.1 Å². The SMILES string of the molecule is Cc1cc(OC(C)C(=O)Nc2nnc(-c3ccccc3)s2)ccc1Cl. The summed E-state index contributed by atoms with van der Waals surface area (Å²) < 4.78 is 5.66. The number of carbonyl (C=O) groups excluding carboxylic acids is 1. The van der Waals surface area contributed by atoms with E-state index in [1.807, 2.05) is 37.3 Å². The van der Waals surface area contributed by atoms with Gasteiger partial charge in [-0.3, -0.25) is 10.1 Å². The molecule has 1 amide bonds. The molecule has 0 aliphatic heterocycles. The Morgan fingerprint density at radius 2 is 1.96 bits per heavy atom. The second-order valence-electron chi connectivity index (χ2n) is 5.44. The fourth-order valence-electron chi connectivity index (χ4n) is 2.13. The molecule has 0 aliphatic carbocycles. The Balaban J connectivity index is 1.63. The zero-order valence-corrected chi connectivity index (χ0v) is 15.3. The molecule has 3 aromatic rings. The number of amides is 1. The number of hydrogen-bond acceptors (Lipinski definition) is 5. The number of rotatable bonds is 5. The van der Waals surface area contributed by atoms with Gasteiger partial charge in [-0.05, 0) is 37.6 Å². The van der Waals surface area contributed by atoms with Crippen molar-refractivity contribution in [1.82, 2.24) is 10.2 Å². The summed E-state index contributed by atoms with van der Waals surface area (Å²) in [7, 11) is 0. The predicted molar refractivity (Wildman–Crippen MR) is 100 cm³/mol. The van der Waals surface area contributed by atoms with E-state index in [1.165, 1.54) is 11.3 Å². The molecule has 25 heavy (non-hydrogen) atoms. The number of hydrogen-bond donors (Lipinski definition) is 1. The molecule has 0 bridgehead atoms. The first-order valence-corrected chi connectivity index (χ1v) is 8.85. The highest BCUT2D eigenvalue weighted by atomic mass is 35.5. The molecule has 1 heterocycles. The molecule has 128 valence electrons. The van der Waals surface area contributed by atoms with Crippen LogP contribution in [-0.2, 0) is 4.79 Å². The number of aromatic nitrogens is 2. The van der Waals surface area contributed by atoms with E-state index in [9.17, 15) is 4.79 Å². The molecule has 0 aliphatic rings. The number of benzene rings is 2. The zero-order valence-electron chi connectivity index (χ0n) is 13.7. The van der Waals surface area contributed by atoms with Gasteiger partial charge in [0, 0.05) is 10.6 Å². The lowest BCUT2D eigenvalue weighted by Crippen LogP contribution is -2.30. The number of halogens is 1. The molecule has 3 rings (SSSR count). The third kappa shape index (κ3) is 4.35. The summed E-state index contributed by atoms with van der Waals surface area (Å²) in [6.45, 7) is 3.56. The van der Waals surface area contributed by atoms with E-state index in [0.29, 0.717) is 15.9 Å². The number of ether oxygens (including phenoxy) is 1. The number of anilines is 1. The van der Waals surface area contributed by atoms with Gasteiger partial charge in [0.05, 0.1) is 0 Å². The Morgan fingerprint density at radius 3 is 2.68 bits per heavy atom. The van der Waals surface area contributed by atoms with E-state index in [2.05, 4.69) is 15.5 Å². The second kappa shape index (κ2) is 7.63. The van der Waals surface area contributed by atoms with Crippen molar-refractivity contribution in [3.8, 4) is 16.3 Å². The summed E-state index contributed by atoms with van der Waals surface area (Å²) >= 11 is 7.31. The topological polar surface area (TPSA) is 64.1 Å². The van der Waals surface area contributed by atoms with Crippen LogP contribution in [0.4, 0.5) is 5.13 Å². The van der Waals surface area contributed by atoms with Gasteiger partial charge >= 0.3 is 0 Å². The van der Waals surface area contributed by atoms with Crippen molar-refractivity contribution in [2.24, 2.45) is 0 Å². The van der Waals surface area contributed by atoms with E-state index in [-0.39, 0.29) is 5.91 Å². The lowest BCUT2D eigenvalue weighted by atomic mass is 10.2. The van der Waals surface area contributed by atoms with Crippen LogP contribution in [0.15, 0.2) is 48.5 Å². The summed E-state index contributed by atoms with van der Waals surface area (Å²) in [6, 6.07) is 15.0. The van der Waals surface area contributed by atoms with Crippen molar-refractivity contribution < 1.29 is 9.53 Å². The first-order chi connectivity index (χ1) is 12.0. The molecule has 1 aromatic heterocycles. The maximum absolute atomic E-state index is 12.3. The molecule has 5 nitrogen and oxygen atoms in total. The fraction of sp³-hybridized carbons (Fsp3) is 0.167. The molecule has 0 radical (unpaired) electrons. The Morgan fingerprint density at radius 1 is 1.20 bits per heavy atom. The quantitative estimate of drug-likeness (QED) is 0.711. The van der Waals surface area contributed by atoms with Crippen molar-refractivity contribution in [2.45, 2.75) is 20.0 Å². The van der Waals surface area contributed by atoms with Gasteiger partial charge in [-0.1, -0.05) is 53.3 Å². The monoisotopic (exact) mass is 373 g/mol. The molecule has 0 saturated heterocycles. The summed E-state index contributed by atoms with van der Waals surface area (Å²) in [5.41, 5.74) is 1.85. The van der Waals surface area contributed by atoms with Crippen molar-refractivity contribution in [3.63, 3.8) is 0 Å². The van der Waals surface area contributed by atoms with Crippen molar-refractivity contribution in [1.29, 1.82) is 0 Å². The fourth-order valence-corrected chi connectivity index (χ4v) is 3.00. The van der Waals surface area contributed by atoms with Crippen LogP contribution >= 0.6 is 22.9 Å². The maximum atomic E-state index is 12.3. The second-order valence-corrected chi connectivity index (χ2v) is 6.82. The van der Waals surface area contributed by atoms with E-state index in [0.717, 1.165) is 16.1 Å². The number of nitrogens with zero attached hydrogens (tertiary/aromatic N) is 2. The third-order valence-electron chi connectivity index (χ3n) is 3.49. The van der Waals surface area contributed by atoms with Crippen LogP contribution in [0, 0.1) is 6.92 Å². The highest BCUT2D eigenvalue weighted by molar-refractivity contribution is 7.18. The van der Waals surface area contributed by atoms with Gasteiger partial charge in [0.25, 0.3) is 5.91 Å². The van der Waals surface area contributed by atoms with Gasteiger partial charge in [-0.15, -0.1) is 10.2 Å². The Labute approximate surface area is 154 Å². The minimum absolute atomic E-state index is 0.289. The Hall–Kier alpha value is -2.44.